The van der Waals surface area contributed by atoms with Crippen LogP contribution >= 0.6 is 11.8 Å². The van der Waals surface area contributed by atoms with Crippen LogP contribution in [-0.4, -0.2) is 48.9 Å². The van der Waals surface area contributed by atoms with Crippen LogP contribution in [-0.2, 0) is 19.1 Å². The number of thioether (sulfide) groups is 1. The molecule has 0 aliphatic heterocycles. The van der Waals surface area contributed by atoms with E-state index in [0.29, 0.717) is 19.0 Å². The number of carboxylic acids is 1. The van der Waals surface area contributed by atoms with Crippen LogP contribution in [0.3, 0.4) is 0 Å². The summed E-state index contributed by atoms with van der Waals surface area (Å²) in [5.41, 5.74) is 0. The molecule has 0 saturated carbocycles. The zero-order valence-corrected chi connectivity index (χ0v) is 11.0. The summed E-state index contributed by atoms with van der Waals surface area (Å²) in [5, 5.41) is 8.94. The van der Waals surface area contributed by atoms with Gasteiger partial charge in [0.15, 0.2) is 0 Å². The van der Waals surface area contributed by atoms with Crippen molar-refractivity contribution < 1.29 is 24.2 Å². The van der Waals surface area contributed by atoms with Crippen molar-refractivity contribution in [3.05, 3.63) is 6.42 Å². The molecule has 0 fully saturated rings. The highest BCUT2D eigenvalue weighted by Gasteiger charge is 2.19. The third-order valence-corrected chi connectivity index (χ3v) is 3.11. The maximum absolute atomic E-state index is 10.9. The summed E-state index contributed by atoms with van der Waals surface area (Å²) in [6, 6.07) is 0. The molecule has 0 aliphatic rings. The van der Waals surface area contributed by atoms with Crippen molar-refractivity contribution in [2.45, 2.75) is 13.3 Å². The summed E-state index contributed by atoms with van der Waals surface area (Å²) in [7, 11) is 1.27. The van der Waals surface area contributed by atoms with Gasteiger partial charge in [0.2, 0.25) is 0 Å². The maximum atomic E-state index is 10.9. The van der Waals surface area contributed by atoms with Crippen LogP contribution < -0.4 is 0 Å². The number of ether oxygens (including phenoxy) is 2. The largest absolute Gasteiger partial charge is 0.481 e. The van der Waals surface area contributed by atoms with Gasteiger partial charge in [0, 0.05) is 18.1 Å². The van der Waals surface area contributed by atoms with Gasteiger partial charge in [-0.25, -0.2) is 0 Å². The monoisotopic (exact) mass is 263 g/mol. The maximum Gasteiger partial charge on any atom is 0.309 e. The molecule has 17 heavy (non-hydrogen) atoms. The molecular weight excluding hydrogens is 244 g/mol. The number of carboxylic acid groups (broad SMARTS) is 1. The van der Waals surface area contributed by atoms with Crippen LogP contribution in [0.4, 0.5) is 0 Å². The highest BCUT2D eigenvalue weighted by molar-refractivity contribution is 7.99. The first-order valence-electron chi connectivity index (χ1n) is 5.41. The van der Waals surface area contributed by atoms with Crippen molar-refractivity contribution in [3.63, 3.8) is 0 Å². The molecule has 0 aliphatic carbocycles. The Hall–Kier alpha value is -0.750. The molecule has 0 rings (SSSR count). The Labute approximate surface area is 106 Å². The molecule has 0 heterocycles. The number of methoxy groups -OCH3 is 1. The van der Waals surface area contributed by atoms with Gasteiger partial charge in [-0.2, -0.15) is 11.8 Å². The second kappa shape index (κ2) is 10.4. The fourth-order valence-corrected chi connectivity index (χ4v) is 2.02. The molecule has 0 bridgehead atoms. The van der Waals surface area contributed by atoms with Gasteiger partial charge >= 0.3 is 11.9 Å². The Morgan fingerprint density at radius 3 is 2.71 bits per heavy atom. The minimum Gasteiger partial charge on any atom is -0.481 e. The summed E-state index contributed by atoms with van der Waals surface area (Å²) in [6.45, 7) is 3.20. The molecular formula is C11H19O5S. The number of aliphatic carboxylic acids is 1. The Kier molecular flexibility index (Phi) is 9.95. The van der Waals surface area contributed by atoms with Crippen LogP contribution in [0, 0.1) is 12.3 Å². The second-order valence-corrected chi connectivity index (χ2v) is 4.42. The molecule has 6 heteroatoms. The van der Waals surface area contributed by atoms with E-state index < -0.39 is 17.9 Å². The predicted octanol–water partition coefficient (Wildman–Crippen LogP) is 1.22. The predicted molar refractivity (Wildman–Crippen MR) is 65.9 cm³/mol. The topological polar surface area (TPSA) is 72.8 Å². The highest BCUT2D eigenvalue weighted by atomic mass is 32.2. The first-order chi connectivity index (χ1) is 8.11. The average Bonchev–Trinajstić information content (AvgIpc) is 2.31. The van der Waals surface area contributed by atoms with Gasteiger partial charge in [0.05, 0.1) is 26.1 Å². The first kappa shape index (κ1) is 16.2. The van der Waals surface area contributed by atoms with Crippen molar-refractivity contribution in [1.82, 2.24) is 0 Å². The molecule has 0 aromatic heterocycles. The Bertz CT molecular complexity index is 232. The molecule has 1 radical (unpaired) electrons. The standard InChI is InChI=1S/C11H19O5S/c1-3-16-6-7-17-8-9(11(13)14)4-5-10(12)15-2/h5,9H,3-4,6-8H2,1-2H3,(H,13,14). The normalized spacial score (nSPS) is 12.1. The lowest BCUT2D eigenvalue weighted by Crippen LogP contribution is -2.19. The number of hydrogen-bond acceptors (Lipinski definition) is 5. The first-order valence-corrected chi connectivity index (χ1v) is 6.56. The van der Waals surface area contributed by atoms with E-state index >= 15 is 0 Å². The molecule has 0 amide bonds. The van der Waals surface area contributed by atoms with E-state index in [1.165, 1.54) is 25.3 Å². The van der Waals surface area contributed by atoms with Gasteiger partial charge in [-0.1, -0.05) is 0 Å². The molecule has 0 aromatic rings. The molecule has 0 spiro atoms. The fourth-order valence-electron chi connectivity index (χ4n) is 1.05. The molecule has 1 unspecified atom stereocenters. The van der Waals surface area contributed by atoms with Crippen LogP contribution in [0.1, 0.15) is 13.3 Å². The van der Waals surface area contributed by atoms with Crippen LogP contribution in [0.5, 0.6) is 0 Å². The Morgan fingerprint density at radius 1 is 1.47 bits per heavy atom. The Morgan fingerprint density at radius 2 is 2.18 bits per heavy atom. The smallest absolute Gasteiger partial charge is 0.309 e. The average molecular weight is 263 g/mol. The molecule has 99 valence electrons. The van der Waals surface area contributed by atoms with Gasteiger partial charge in [0.25, 0.3) is 0 Å². The second-order valence-electron chi connectivity index (χ2n) is 3.27. The van der Waals surface area contributed by atoms with Crippen molar-refractivity contribution in [1.29, 1.82) is 0 Å². The van der Waals surface area contributed by atoms with E-state index in [2.05, 4.69) is 4.74 Å². The summed E-state index contributed by atoms with van der Waals surface area (Å²) in [5.74, 6) is -0.712. The zero-order chi connectivity index (χ0) is 13.1. The van der Waals surface area contributed by atoms with E-state index in [0.717, 1.165) is 5.75 Å². The summed E-state index contributed by atoms with van der Waals surface area (Å²) in [4.78, 5) is 21.8. The molecule has 1 atom stereocenters. The van der Waals surface area contributed by atoms with Crippen molar-refractivity contribution in [2.75, 3.05) is 31.8 Å². The third-order valence-electron chi connectivity index (χ3n) is 2.01. The number of carbonyl (C=O) groups excluding carboxylic acids is 1. The van der Waals surface area contributed by atoms with E-state index in [4.69, 9.17) is 9.84 Å². The highest BCUT2D eigenvalue weighted by Crippen LogP contribution is 2.14. The van der Waals surface area contributed by atoms with Crippen molar-refractivity contribution in [2.24, 2.45) is 5.92 Å². The van der Waals surface area contributed by atoms with Gasteiger partial charge in [-0.3, -0.25) is 9.59 Å². The van der Waals surface area contributed by atoms with Crippen molar-refractivity contribution >= 4 is 23.7 Å². The quantitative estimate of drug-likeness (QED) is 0.472. The lowest BCUT2D eigenvalue weighted by molar-refractivity contribution is -0.141. The fraction of sp³-hybridized carbons (Fsp3) is 0.727. The minimum absolute atomic E-state index is 0.198. The lowest BCUT2D eigenvalue weighted by atomic mass is 10.1. The van der Waals surface area contributed by atoms with Crippen LogP contribution in [0.2, 0.25) is 0 Å². The van der Waals surface area contributed by atoms with Gasteiger partial charge in [-0.15, -0.1) is 0 Å². The molecule has 0 saturated heterocycles. The number of esters is 1. The molecule has 0 aromatic carbocycles. The third kappa shape index (κ3) is 9.00. The lowest BCUT2D eigenvalue weighted by Gasteiger charge is -2.10. The van der Waals surface area contributed by atoms with Crippen molar-refractivity contribution in [3.8, 4) is 0 Å². The molecule has 1 N–H and O–H groups in total. The SMILES string of the molecule is CCOCCSCC(C[CH]C(=O)OC)C(=O)O. The van der Waals surface area contributed by atoms with E-state index in [1.807, 2.05) is 6.92 Å². The summed E-state index contributed by atoms with van der Waals surface area (Å²) >= 11 is 1.51. The van der Waals surface area contributed by atoms with Gasteiger partial charge in [0.1, 0.15) is 0 Å². The Balaban J connectivity index is 3.75. The minimum atomic E-state index is -0.894. The summed E-state index contributed by atoms with van der Waals surface area (Å²) in [6.07, 6.45) is 1.46. The van der Waals surface area contributed by atoms with Crippen LogP contribution in [0.15, 0.2) is 0 Å². The van der Waals surface area contributed by atoms with E-state index in [9.17, 15) is 9.59 Å². The number of carbonyl (C=O) groups is 2. The zero-order valence-electron chi connectivity index (χ0n) is 10.2. The summed E-state index contributed by atoms with van der Waals surface area (Å²) < 4.78 is 9.56. The van der Waals surface area contributed by atoms with E-state index in [-0.39, 0.29) is 6.42 Å². The van der Waals surface area contributed by atoms with Gasteiger partial charge in [-0.05, 0) is 13.3 Å². The van der Waals surface area contributed by atoms with Crippen LogP contribution in [0.25, 0.3) is 0 Å². The van der Waals surface area contributed by atoms with E-state index in [1.54, 1.807) is 0 Å². The molecule has 5 nitrogen and oxygen atoms in total. The number of rotatable bonds is 10. The number of hydrogen-bond donors (Lipinski definition) is 1. The van der Waals surface area contributed by atoms with Gasteiger partial charge < -0.3 is 14.6 Å².